The van der Waals surface area contributed by atoms with Crippen LogP contribution >= 0.6 is 0 Å². The van der Waals surface area contributed by atoms with Gasteiger partial charge in [0, 0.05) is 13.2 Å². The van der Waals surface area contributed by atoms with Crippen LogP contribution in [0.2, 0.25) is 0 Å². The summed E-state index contributed by atoms with van der Waals surface area (Å²) in [4.78, 5) is 15.6. The molecule has 6 nitrogen and oxygen atoms in total. The van der Waals surface area contributed by atoms with Gasteiger partial charge in [-0.3, -0.25) is 0 Å². The molecule has 0 aliphatic rings. The number of methoxy groups -OCH3 is 1. The van der Waals surface area contributed by atoms with Gasteiger partial charge in [0.2, 0.25) is 0 Å². The van der Waals surface area contributed by atoms with Gasteiger partial charge in [0.25, 0.3) is 0 Å². The Morgan fingerprint density at radius 1 is 1.45 bits per heavy atom. The second-order valence-electron chi connectivity index (χ2n) is 4.87. The van der Waals surface area contributed by atoms with E-state index in [9.17, 15) is 4.79 Å². The Bertz CT molecular complexity index is 436. The van der Waals surface area contributed by atoms with E-state index in [1.165, 1.54) is 13.3 Å². The van der Waals surface area contributed by atoms with Crippen molar-refractivity contribution in [3.8, 4) is 0 Å². The molecule has 0 radical (unpaired) electrons. The summed E-state index contributed by atoms with van der Waals surface area (Å²) in [5.41, 5.74) is 6.29. The number of carbonyl (C=O) groups excluding carboxylic acids is 1. The highest BCUT2D eigenvalue weighted by Crippen LogP contribution is 2.15. The van der Waals surface area contributed by atoms with Crippen molar-refractivity contribution in [2.24, 2.45) is 5.92 Å². The molecule has 1 aromatic rings. The fourth-order valence-corrected chi connectivity index (χ4v) is 1.52. The lowest BCUT2D eigenvalue weighted by Gasteiger charge is -2.09. The first kappa shape index (κ1) is 16.2. The number of pyridine rings is 1. The molecule has 0 aliphatic carbocycles. The molecule has 0 aromatic carbocycles. The highest BCUT2D eigenvalue weighted by molar-refractivity contribution is 5.95. The summed E-state index contributed by atoms with van der Waals surface area (Å²) < 4.78 is 10.1. The van der Waals surface area contributed by atoms with Gasteiger partial charge in [-0.2, -0.15) is 0 Å². The first-order chi connectivity index (χ1) is 9.54. The summed E-state index contributed by atoms with van der Waals surface area (Å²) in [6.07, 6.45) is 2.49. The minimum absolute atomic E-state index is 0.301. The van der Waals surface area contributed by atoms with Crippen LogP contribution in [0.25, 0.3) is 0 Å². The summed E-state index contributed by atoms with van der Waals surface area (Å²) in [6.45, 7) is 6.28. The van der Waals surface area contributed by atoms with Crippen LogP contribution < -0.4 is 11.1 Å². The largest absolute Gasteiger partial charge is 0.465 e. The third kappa shape index (κ3) is 5.44. The Hall–Kier alpha value is -1.82. The highest BCUT2D eigenvalue weighted by Gasteiger charge is 2.11. The molecular formula is C14H23N3O3. The van der Waals surface area contributed by atoms with Gasteiger partial charge in [0.05, 0.1) is 31.2 Å². The molecule has 0 aliphatic heterocycles. The summed E-state index contributed by atoms with van der Waals surface area (Å²) in [7, 11) is 1.32. The Balaban J connectivity index is 2.39. The maximum absolute atomic E-state index is 11.5. The number of nitrogen functional groups attached to an aromatic ring is 1. The monoisotopic (exact) mass is 281 g/mol. The predicted octanol–water partition coefficient (Wildman–Crippen LogP) is 1.92. The molecule has 0 fully saturated rings. The minimum atomic E-state index is -0.471. The average molecular weight is 281 g/mol. The molecule has 0 saturated carbocycles. The summed E-state index contributed by atoms with van der Waals surface area (Å²) in [5, 5.41) is 3.08. The molecule has 3 N–H and O–H groups in total. The zero-order valence-electron chi connectivity index (χ0n) is 12.3. The Labute approximate surface area is 119 Å². The Morgan fingerprint density at radius 3 is 2.85 bits per heavy atom. The fraction of sp³-hybridized carbons (Fsp3) is 0.571. The molecule has 0 spiro atoms. The maximum atomic E-state index is 11.5. The lowest BCUT2D eigenvalue weighted by atomic mass is 10.1. The van der Waals surface area contributed by atoms with Crippen molar-refractivity contribution in [3.05, 3.63) is 17.8 Å². The number of rotatable bonds is 8. The van der Waals surface area contributed by atoms with Crippen LogP contribution in [0.3, 0.4) is 0 Å². The van der Waals surface area contributed by atoms with E-state index < -0.39 is 5.97 Å². The van der Waals surface area contributed by atoms with E-state index in [4.69, 9.17) is 10.5 Å². The van der Waals surface area contributed by atoms with Crippen LogP contribution in [-0.4, -0.2) is 37.8 Å². The molecule has 0 atom stereocenters. The zero-order chi connectivity index (χ0) is 15.0. The van der Waals surface area contributed by atoms with Crippen LogP contribution in [0.1, 0.15) is 30.6 Å². The van der Waals surface area contributed by atoms with Crippen molar-refractivity contribution < 1.29 is 14.3 Å². The number of aromatic nitrogens is 1. The number of nitrogens with one attached hydrogen (secondary N) is 1. The van der Waals surface area contributed by atoms with Crippen LogP contribution in [0.4, 0.5) is 11.5 Å². The summed E-state index contributed by atoms with van der Waals surface area (Å²) in [6, 6.07) is 1.58. The SMILES string of the molecule is COC(=O)c1cc(NCCOCCC(C)C)ncc1N. The number of hydrogen-bond donors (Lipinski definition) is 2. The Kier molecular flexibility index (Phi) is 6.79. The number of ether oxygens (including phenoxy) is 2. The molecule has 112 valence electrons. The van der Waals surface area contributed by atoms with Crippen molar-refractivity contribution in [2.75, 3.05) is 37.9 Å². The normalized spacial score (nSPS) is 10.6. The predicted molar refractivity (Wildman–Crippen MR) is 78.8 cm³/mol. The van der Waals surface area contributed by atoms with Gasteiger partial charge < -0.3 is 20.5 Å². The van der Waals surface area contributed by atoms with E-state index in [-0.39, 0.29) is 0 Å². The van der Waals surface area contributed by atoms with E-state index in [0.29, 0.717) is 36.1 Å². The third-order valence-corrected chi connectivity index (χ3v) is 2.73. The van der Waals surface area contributed by atoms with E-state index in [1.54, 1.807) is 6.07 Å². The van der Waals surface area contributed by atoms with Gasteiger partial charge in [-0.15, -0.1) is 0 Å². The summed E-state index contributed by atoms with van der Waals surface area (Å²) >= 11 is 0. The van der Waals surface area contributed by atoms with E-state index >= 15 is 0 Å². The standard InChI is InChI=1S/C14H23N3O3/c1-10(2)4-6-20-7-5-16-13-8-11(14(18)19-3)12(15)9-17-13/h8-10H,4-7,15H2,1-3H3,(H,16,17). The van der Waals surface area contributed by atoms with Crippen LogP contribution in [-0.2, 0) is 9.47 Å². The fourth-order valence-electron chi connectivity index (χ4n) is 1.52. The number of nitrogens with zero attached hydrogens (tertiary/aromatic N) is 1. The molecular weight excluding hydrogens is 258 g/mol. The van der Waals surface area contributed by atoms with E-state index in [1.807, 2.05) is 0 Å². The first-order valence-corrected chi connectivity index (χ1v) is 6.70. The Morgan fingerprint density at radius 2 is 2.20 bits per heavy atom. The maximum Gasteiger partial charge on any atom is 0.340 e. The van der Waals surface area contributed by atoms with Crippen LogP contribution in [0, 0.1) is 5.92 Å². The molecule has 1 heterocycles. The molecule has 1 aromatic heterocycles. The lowest BCUT2D eigenvalue weighted by molar-refractivity contribution is 0.0602. The van der Waals surface area contributed by atoms with Crippen molar-refractivity contribution in [1.29, 1.82) is 0 Å². The van der Waals surface area contributed by atoms with Crippen LogP contribution in [0.15, 0.2) is 12.3 Å². The minimum Gasteiger partial charge on any atom is -0.465 e. The van der Waals surface area contributed by atoms with Gasteiger partial charge in [-0.1, -0.05) is 13.8 Å². The third-order valence-electron chi connectivity index (χ3n) is 2.73. The molecule has 6 heteroatoms. The van der Waals surface area contributed by atoms with Gasteiger partial charge in [0.15, 0.2) is 0 Å². The first-order valence-electron chi connectivity index (χ1n) is 6.70. The number of nitrogens with two attached hydrogens (primary N) is 1. The number of carbonyl (C=O) groups is 1. The molecule has 20 heavy (non-hydrogen) atoms. The van der Waals surface area contributed by atoms with Gasteiger partial charge >= 0.3 is 5.97 Å². The highest BCUT2D eigenvalue weighted by atomic mass is 16.5. The average Bonchev–Trinajstić information content (AvgIpc) is 2.43. The smallest absolute Gasteiger partial charge is 0.340 e. The molecule has 0 unspecified atom stereocenters. The lowest BCUT2D eigenvalue weighted by Crippen LogP contribution is -2.13. The second kappa shape index (κ2) is 8.37. The van der Waals surface area contributed by atoms with E-state index in [2.05, 4.69) is 28.9 Å². The number of esters is 1. The topological polar surface area (TPSA) is 86.5 Å². The number of anilines is 2. The van der Waals surface area contributed by atoms with Crippen LogP contribution in [0.5, 0.6) is 0 Å². The van der Waals surface area contributed by atoms with Crippen molar-refractivity contribution in [2.45, 2.75) is 20.3 Å². The summed E-state index contributed by atoms with van der Waals surface area (Å²) in [5.74, 6) is 0.748. The number of hydrogen-bond acceptors (Lipinski definition) is 6. The van der Waals surface area contributed by atoms with E-state index in [0.717, 1.165) is 13.0 Å². The van der Waals surface area contributed by atoms with Gasteiger partial charge in [-0.05, 0) is 18.4 Å². The second-order valence-corrected chi connectivity index (χ2v) is 4.87. The van der Waals surface area contributed by atoms with Crippen molar-refractivity contribution in [3.63, 3.8) is 0 Å². The van der Waals surface area contributed by atoms with Crippen molar-refractivity contribution in [1.82, 2.24) is 4.98 Å². The molecule has 1 rings (SSSR count). The zero-order valence-corrected chi connectivity index (χ0v) is 12.3. The van der Waals surface area contributed by atoms with Crippen molar-refractivity contribution >= 4 is 17.5 Å². The molecule has 0 amide bonds. The molecule has 0 saturated heterocycles. The van der Waals surface area contributed by atoms with Gasteiger partial charge in [0.1, 0.15) is 5.82 Å². The quantitative estimate of drug-likeness (QED) is 0.559. The molecule has 0 bridgehead atoms. The van der Waals surface area contributed by atoms with Gasteiger partial charge in [-0.25, -0.2) is 9.78 Å².